The Kier molecular flexibility index (Phi) is 5.51. The zero-order chi connectivity index (χ0) is 15.3. The highest BCUT2D eigenvalue weighted by molar-refractivity contribution is 5.16. The van der Waals surface area contributed by atoms with E-state index in [1.165, 1.54) is 37.7 Å². The Balaban J connectivity index is 1.62. The van der Waals surface area contributed by atoms with Gasteiger partial charge in [0.15, 0.2) is 0 Å². The van der Waals surface area contributed by atoms with Gasteiger partial charge < -0.3 is 15.2 Å². The van der Waals surface area contributed by atoms with E-state index in [-0.39, 0.29) is 12.0 Å². The molecule has 122 valence electrons. The summed E-state index contributed by atoms with van der Waals surface area (Å²) in [5, 5.41) is 13.4. The number of hydrogen-bond donors (Lipinski definition) is 2. The molecule has 0 radical (unpaired) electrons. The quantitative estimate of drug-likeness (QED) is 0.814. The Morgan fingerprint density at radius 3 is 2.45 bits per heavy atom. The average Bonchev–Trinajstić information content (AvgIpc) is 2.55. The molecular formula is C19H29NO2. The van der Waals surface area contributed by atoms with E-state index in [2.05, 4.69) is 35.6 Å². The maximum Gasteiger partial charge on any atom is 0.0579 e. The van der Waals surface area contributed by atoms with E-state index >= 15 is 0 Å². The highest BCUT2D eigenvalue weighted by Crippen LogP contribution is 2.30. The van der Waals surface area contributed by atoms with E-state index < -0.39 is 0 Å². The first-order chi connectivity index (χ1) is 10.8. The van der Waals surface area contributed by atoms with Crippen molar-refractivity contribution >= 4 is 0 Å². The third-order valence-electron chi connectivity index (χ3n) is 5.41. The Bertz CT molecular complexity index is 432. The van der Waals surface area contributed by atoms with Crippen molar-refractivity contribution < 1.29 is 9.84 Å². The van der Waals surface area contributed by atoms with Crippen LogP contribution < -0.4 is 5.32 Å². The van der Waals surface area contributed by atoms with Crippen LogP contribution in [0.5, 0.6) is 0 Å². The van der Waals surface area contributed by atoms with Crippen molar-refractivity contribution in [3.8, 4) is 0 Å². The van der Waals surface area contributed by atoms with Crippen molar-refractivity contribution in [1.82, 2.24) is 5.32 Å². The first-order valence-corrected chi connectivity index (χ1v) is 8.77. The molecule has 3 rings (SSSR count). The van der Waals surface area contributed by atoms with Gasteiger partial charge in [0.2, 0.25) is 0 Å². The smallest absolute Gasteiger partial charge is 0.0579 e. The Morgan fingerprint density at radius 2 is 1.86 bits per heavy atom. The molecule has 0 bridgehead atoms. The molecule has 2 fully saturated rings. The number of benzene rings is 1. The van der Waals surface area contributed by atoms with Crippen LogP contribution in [0.2, 0.25) is 0 Å². The topological polar surface area (TPSA) is 41.5 Å². The predicted molar refractivity (Wildman–Crippen MR) is 88.8 cm³/mol. The molecule has 3 heteroatoms. The van der Waals surface area contributed by atoms with Crippen molar-refractivity contribution in [1.29, 1.82) is 0 Å². The van der Waals surface area contributed by atoms with E-state index in [0.29, 0.717) is 19.3 Å². The van der Waals surface area contributed by atoms with E-state index in [9.17, 15) is 5.11 Å². The van der Waals surface area contributed by atoms with E-state index in [4.69, 9.17) is 4.74 Å². The number of hydrogen-bond acceptors (Lipinski definition) is 3. The molecule has 0 aromatic heterocycles. The lowest BCUT2D eigenvalue weighted by Crippen LogP contribution is -2.55. The van der Waals surface area contributed by atoms with Crippen molar-refractivity contribution in [2.24, 2.45) is 11.3 Å². The maximum absolute atomic E-state index is 9.63. The van der Waals surface area contributed by atoms with Gasteiger partial charge in [-0.1, -0.05) is 49.6 Å². The second kappa shape index (κ2) is 7.58. The van der Waals surface area contributed by atoms with Crippen LogP contribution in [0.1, 0.15) is 37.7 Å². The Hall–Kier alpha value is -0.900. The minimum absolute atomic E-state index is 0.0381. The largest absolute Gasteiger partial charge is 0.396 e. The molecule has 2 aliphatic rings. The highest BCUT2D eigenvalue weighted by Gasteiger charge is 2.38. The number of aliphatic hydroxyl groups excluding tert-OH is 1. The lowest BCUT2D eigenvalue weighted by molar-refractivity contribution is -0.135. The first-order valence-electron chi connectivity index (χ1n) is 8.77. The van der Waals surface area contributed by atoms with E-state index in [0.717, 1.165) is 18.9 Å². The fourth-order valence-electron chi connectivity index (χ4n) is 3.80. The Morgan fingerprint density at radius 1 is 1.14 bits per heavy atom. The first kappa shape index (κ1) is 16.0. The van der Waals surface area contributed by atoms with Crippen molar-refractivity contribution in [3.63, 3.8) is 0 Å². The van der Waals surface area contributed by atoms with Gasteiger partial charge in [-0.15, -0.1) is 0 Å². The third-order valence-corrected chi connectivity index (χ3v) is 5.41. The molecule has 1 saturated heterocycles. The summed E-state index contributed by atoms with van der Waals surface area (Å²) in [4.78, 5) is 0. The predicted octanol–water partition coefficient (Wildman–Crippen LogP) is 2.78. The SMILES string of the molecule is OCC1(CNC(Cc2ccccc2)C2CCCCC2)COC1. The molecule has 2 N–H and O–H groups in total. The van der Waals surface area contributed by atoms with E-state index in [1.807, 2.05) is 0 Å². The highest BCUT2D eigenvalue weighted by atomic mass is 16.5. The van der Waals surface area contributed by atoms with Crippen LogP contribution >= 0.6 is 0 Å². The van der Waals surface area contributed by atoms with Crippen LogP contribution in [0.3, 0.4) is 0 Å². The van der Waals surface area contributed by atoms with Crippen LogP contribution in [0.25, 0.3) is 0 Å². The molecule has 1 aromatic rings. The van der Waals surface area contributed by atoms with Gasteiger partial charge in [0, 0.05) is 12.6 Å². The second-order valence-electron chi connectivity index (χ2n) is 7.23. The summed E-state index contributed by atoms with van der Waals surface area (Å²) in [6.07, 6.45) is 7.90. The summed E-state index contributed by atoms with van der Waals surface area (Å²) in [6.45, 7) is 2.48. The molecule has 0 amide bonds. The molecule has 1 heterocycles. The Labute approximate surface area is 134 Å². The van der Waals surface area contributed by atoms with Crippen LogP contribution in [0.4, 0.5) is 0 Å². The van der Waals surface area contributed by atoms with Crippen LogP contribution in [-0.2, 0) is 11.2 Å². The standard InChI is InChI=1S/C19H29NO2/c21-13-19(14-22-15-19)12-20-18(17-9-5-2-6-10-17)11-16-7-3-1-4-8-16/h1,3-4,7-8,17-18,20-21H,2,5-6,9-15H2. The van der Waals surface area contributed by atoms with Gasteiger partial charge in [-0.2, -0.15) is 0 Å². The van der Waals surface area contributed by atoms with Gasteiger partial charge in [0.1, 0.15) is 0 Å². The average molecular weight is 303 g/mol. The van der Waals surface area contributed by atoms with Crippen molar-refractivity contribution in [2.45, 2.75) is 44.6 Å². The normalized spacial score (nSPS) is 23.0. The zero-order valence-electron chi connectivity index (χ0n) is 13.5. The molecule has 0 spiro atoms. The fraction of sp³-hybridized carbons (Fsp3) is 0.684. The van der Waals surface area contributed by atoms with Gasteiger partial charge in [-0.05, 0) is 30.7 Å². The van der Waals surface area contributed by atoms with Gasteiger partial charge >= 0.3 is 0 Å². The number of aliphatic hydroxyl groups is 1. The zero-order valence-corrected chi connectivity index (χ0v) is 13.5. The minimum Gasteiger partial charge on any atom is -0.396 e. The summed E-state index contributed by atoms with van der Waals surface area (Å²) in [7, 11) is 0. The molecule has 1 unspecified atom stereocenters. The molecule has 1 aromatic carbocycles. The summed E-state index contributed by atoms with van der Waals surface area (Å²) >= 11 is 0. The van der Waals surface area contributed by atoms with Crippen LogP contribution in [0.15, 0.2) is 30.3 Å². The summed E-state index contributed by atoms with van der Waals surface area (Å²) in [5.41, 5.74) is 1.37. The van der Waals surface area contributed by atoms with Crippen LogP contribution in [0, 0.1) is 11.3 Å². The molecule has 1 atom stereocenters. The van der Waals surface area contributed by atoms with Gasteiger partial charge in [0.25, 0.3) is 0 Å². The van der Waals surface area contributed by atoms with Gasteiger partial charge in [0.05, 0.1) is 25.2 Å². The molecule has 1 aliphatic carbocycles. The lowest BCUT2D eigenvalue weighted by Gasteiger charge is -2.42. The molecule has 1 saturated carbocycles. The number of nitrogens with one attached hydrogen (secondary N) is 1. The van der Waals surface area contributed by atoms with Crippen molar-refractivity contribution in [3.05, 3.63) is 35.9 Å². The van der Waals surface area contributed by atoms with Crippen LogP contribution in [-0.4, -0.2) is 37.5 Å². The van der Waals surface area contributed by atoms with E-state index in [1.54, 1.807) is 0 Å². The molecule has 1 aliphatic heterocycles. The maximum atomic E-state index is 9.63. The third kappa shape index (κ3) is 3.89. The number of ether oxygens (including phenoxy) is 1. The lowest BCUT2D eigenvalue weighted by atomic mass is 9.80. The van der Waals surface area contributed by atoms with Crippen molar-refractivity contribution in [2.75, 3.05) is 26.4 Å². The number of rotatable bonds is 7. The monoisotopic (exact) mass is 303 g/mol. The van der Waals surface area contributed by atoms with Gasteiger partial charge in [-0.25, -0.2) is 0 Å². The molecule has 22 heavy (non-hydrogen) atoms. The molecule has 3 nitrogen and oxygen atoms in total. The minimum atomic E-state index is -0.0381. The second-order valence-corrected chi connectivity index (χ2v) is 7.23. The summed E-state index contributed by atoms with van der Waals surface area (Å²) < 4.78 is 5.33. The fourth-order valence-corrected chi connectivity index (χ4v) is 3.80. The summed E-state index contributed by atoms with van der Waals surface area (Å²) in [6, 6.07) is 11.3. The van der Waals surface area contributed by atoms with Gasteiger partial charge in [-0.3, -0.25) is 0 Å². The summed E-state index contributed by atoms with van der Waals surface area (Å²) in [5.74, 6) is 0.769. The molecular weight excluding hydrogens is 274 g/mol.